The van der Waals surface area contributed by atoms with E-state index in [1.165, 1.54) is 7.05 Å². The van der Waals surface area contributed by atoms with Gasteiger partial charge in [0.05, 0.1) is 1.37 Å². The molecule has 0 aromatic heterocycles. The Morgan fingerprint density at radius 2 is 1.86 bits per heavy atom. The van der Waals surface area contributed by atoms with Gasteiger partial charge in [-0.2, -0.15) is 0 Å². The van der Waals surface area contributed by atoms with Gasteiger partial charge < -0.3 is 15.5 Å². The topological polar surface area (TPSA) is 81.8 Å². The van der Waals surface area contributed by atoms with E-state index in [2.05, 4.69) is 0 Å². The fourth-order valence-electron chi connectivity index (χ4n) is 1.33. The standard InChI is InChI=1S/C7H10N4O3/c1-10-3-4(8-6(10)13)9-7(14)11(2)5(3)12/h3-4H,1-2H3,(H,8,13)(H,9,14)/i4D/hD2. The molecule has 2 unspecified atom stereocenters. The van der Waals surface area contributed by atoms with Crippen LogP contribution >= 0.6 is 0 Å². The highest BCUT2D eigenvalue weighted by Crippen LogP contribution is 2.16. The summed E-state index contributed by atoms with van der Waals surface area (Å²) >= 11 is 0. The number of nitrogens with one attached hydrogen (secondary N) is 2. The van der Waals surface area contributed by atoms with E-state index in [1.807, 2.05) is 0 Å². The summed E-state index contributed by atoms with van der Waals surface area (Å²) in [4.78, 5) is 36.4. The normalized spacial score (nSPS) is 41.1. The van der Waals surface area contributed by atoms with Crippen LogP contribution in [-0.2, 0) is 4.79 Å². The Kier molecular flexibility index (Phi) is 1.08. The predicted octanol–water partition coefficient (Wildman–Crippen LogP) is -1.48. The van der Waals surface area contributed by atoms with Crippen molar-refractivity contribution in [2.75, 3.05) is 14.1 Å². The van der Waals surface area contributed by atoms with Crippen molar-refractivity contribution in [2.24, 2.45) is 0 Å². The molecule has 2 fully saturated rings. The van der Waals surface area contributed by atoms with Gasteiger partial charge in [-0.15, -0.1) is 0 Å². The molecule has 2 saturated heterocycles. The average Bonchev–Trinajstić information content (AvgIpc) is 2.47. The number of hydrogen-bond donors (Lipinski definition) is 2. The molecule has 14 heavy (non-hydrogen) atoms. The second-order valence-electron chi connectivity index (χ2n) is 3.06. The van der Waals surface area contributed by atoms with Crippen LogP contribution in [0.15, 0.2) is 0 Å². The molecular weight excluding hydrogens is 188 g/mol. The molecule has 7 heteroatoms. The highest BCUT2D eigenvalue weighted by Gasteiger charge is 2.48. The highest BCUT2D eigenvalue weighted by atomic mass is 16.2. The van der Waals surface area contributed by atoms with Gasteiger partial charge in [0.15, 0.2) is 8.87 Å². The van der Waals surface area contributed by atoms with Crippen LogP contribution in [0.25, 0.3) is 0 Å². The van der Waals surface area contributed by atoms with Crippen LogP contribution in [0.3, 0.4) is 0 Å². The Morgan fingerprint density at radius 1 is 1.29 bits per heavy atom. The molecule has 2 atom stereocenters. The van der Waals surface area contributed by atoms with E-state index in [4.69, 9.17) is 4.19 Å². The number of amides is 5. The first-order valence-electron chi connectivity index (χ1n) is 5.30. The summed E-state index contributed by atoms with van der Waals surface area (Å²) in [6.45, 7) is 0. The lowest BCUT2D eigenvalue weighted by Crippen LogP contribution is -2.64. The van der Waals surface area contributed by atoms with Crippen LogP contribution in [0.2, 0.25) is 2.82 Å². The van der Waals surface area contributed by atoms with Gasteiger partial charge in [-0.1, -0.05) is 0 Å². The number of rotatable bonds is 0. The maximum atomic E-state index is 11.8. The smallest absolute Gasteiger partial charge is 0.315 e. The lowest BCUT2D eigenvalue weighted by Gasteiger charge is -2.32. The lowest BCUT2D eigenvalue weighted by atomic mass is 10.1. The molecule has 2 heterocycles. The van der Waals surface area contributed by atoms with Crippen molar-refractivity contribution in [1.82, 2.24) is 20.4 Å². The first-order valence-corrected chi connectivity index (χ1v) is 3.91. The maximum absolute atomic E-state index is 11.8. The molecule has 2 N–H and O–H groups in total. The van der Waals surface area contributed by atoms with Gasteiger partial charge >= 0.3 is 12.1 Å². The van der Waals surface area contributed by atoms with E-state index in [0.717, 1.165) is 11.9 Å². The molecule has 5 amide bonds. The van der Waals surface area contributed by atoms with Gasteiger partial charge in [0.25, 0.3) is 5.91 Å². The monoisotopic (exact) mass is 201 g/mol. The van der Waals surface area contributed by atoms with Crippen molar-refractivity contribution in [2.45, 2.75) is 12.2 Å². The molecule has 2 rings (SSSR count). The summed E-state index contributed by atoms with van der Waals surface area (Å²) in [5.41, 5.74) is 0. The van der Waals surface area contributed by atoms with Crippen LogP contribution in [0.1, 0.15) is 1.37 Å². The molecule has 2 aliphatic heterocycles. The lowest BCUT2D eigenvalue weighted by molar-refractivity contribution is -0.133. The van der Waals surface area contributed by atoms with Gasteiger partial charge in [-0.05, 0) is 0 Å². The first kappa shape index (κ1) is 5.84. The number of fused-ring (bicyclic) bond motifs is 1. The fraction of sp³-hybridized carbons (Fsp3) is 0.571. The summed E-state index contributed by atoms with van der Waals surface area (Å²) in [6.07, 6.45) is -2.34. The largest absolute Gasteiger partial charge is 0.325 e. The van der Waals surface area contributed by atoms with Gasteiger partial charge in [0, 0.05) is 14.1 Å². The zero-order valence-corrected chi connectivity index (χ0v) is 7.59. The molecule has 0 aromatic rings. The molecule has 0 aromatic carbocycles. The molecule has 0 spiro atoms. The van der Waals surface area contributed by atoms with E-state index in [9.17, 15) is 14.4 Å². The number of imide groups is 1. The van der Waals surface area contributed by atoms with E-state index in [0.29, 0.717) is 4.90 Å². The number of likely N-dealkylation sites (N-methyl/N-ethyl adjacent to an activating group) is 2. The molecular formula is C7H10N4O3. The molecule has 0 aliphatic carbocycles. The van der Waals surface area contributed by atoms with E-state index >= 15 is 0 Å². The van der Waals surface area contributed by atoms with Gasteiger partial charge in [0.1, 0.15) is 6.14 Å². The number of carbonyl (C=O) groups excluding carboxylic acids is 3. The van der Waals surface area contributed by atoms with Gasteiger partial charge in [0.2, 0.25) is 0 Å². The first-order chi connectivity index (χ1) is 7.74. The fourth-order valence-corrected chi connectivity index (χ4v) is 1.33. The summed E-state index contributed by atoms with van der Waals surface area (Å²) in [5.74, 6) is -0.779. The van der Waals surface area contributed by atoms with Crippen LogP contribution in [0, 0.1) is 0 Å². The van der Waals surface area contributed by atoms with Crippen LogP contribution in [0.4, 0.5) is 9.59 Å². The molecule has 7 nitrogen and oxygen atoms in total. The highest BCUT2D eigenvalue weighted by molar-refractivity contribution is 6.03. The molecule has 0 bridgehead atoms. The maximum Gasteiger partial charge on any atom is 0.325 e. The van der Waals surface area contributed by atoms with Crippen molar-refractivity contribution in [3.63, 3.8) is 0 Å². The third-order valence-electron chi connectivity index (χ3n) is 2.21. The Morgan fingerprint density at radius 3 is 2.50 bits per heavy atom. The minimum Gasteiger partial charge on any atom is -0.315 e. The third kappa shape index (κ3) is 0.949. The Bertz CT molecular complexity index is 433. The van der Waals surface area contributed by atoms with Crippen molar-refractivity contribution in [3.05, 3.63) is 0 Å². The molecule has 76 valence electrons. The second-order valence-corrected chi connectivity index (χ2v) is 3.06. The SMILES string of the molecule is [2H]N1C(=O)N(C)C(=O)C2N(C)C(=O)N([2H])C21[2H]. The summed E-state index contributed by atoms with van der Waals surface area (Å²) in [5, 5.41) is 0.320. The van der Waals surface area contributed by atoms with Crippen LogP contribution in [0.5, 0.6) is 0 Å². The predicted molar refractivity (Wildman–Crippen MR) is 45.2 cm³/mol. The average molecular weight is 201 g/mol. The minimum atomic E-state index is -2.34. The quantitative estimate of drug-likeness (QED) is 0.501. The number of carbonyl (C=O) groups is 3. The van der Waals surface area contributed by atoms with Crippen molar-refractivity contribution < 1.29 is 18.6 Å². The van der Waals surface area contributed by atoms with Crippen LogP contribution in [-0.4, -0.2) is 54.0 Å². The van der Waals surface area contributed by atoms with Crippen molar-refractivity contribution in [1.29, 1.82) is 0 Å². The number of nitrogens with zero attached hydrogens (tertiary/aromatic N) is 2. The number of hydrogen-bond acceptors (Lipinski definition) is 3. The Labute approximate surface area is 84.4 Å². The van der Waals surface area contributed by atoms with Crippen molar-refractivity contribution >= 4 is 18.0 Å². The summed E-state index contributed by atoms with van der Waals surface area (Å²) in [6, 6.07) is -3.31. The van der Waals surface area contributed by atoms with Crippen LogP contribution < -0.4 is 10.6 Å². The Balaban J connectivity index is 2.57. The zero-order valence-electron chi connectivity index (χ0n) is 10.6. The van der Waals surface area contributed by atoms with E-state index < -0.39 is 30.2 Å². The molecule has 2 aliphatic rings. The van der Waals surface area contributed by atoms with Gasteiger partial charge in [-0.3, -0.25) is 9.69 Å². The summed E-state index contributed by atoms with van der Waals surface area (Å²) < 4.78 is 22.8. The Hall–Kier alpha value is -1.79. The van der Waals surface area contributed by atoms with Crippen molar-refractivity contribution in [3.8, 4) is 0 Å². The molecule has 0 radical (unpaired) electrons. The second kappa shape index (κ2) is 2.60. The van der Waals surface area contributed by atoms with E-state index in [-0.39, 0.29) is 10.6 Å². The van der Waals surface area contributed by atoms with Gasteiger partial charge in [-0.25, -0.2) is 9.59 Å². The third-order valence-corrected chi connectivity index (χ3v) is 2.21. The number of urea groups is 2. The summed E-state index contributed by atoms with van der Waals surface area (Å²) in [7, 11) is 2.41. The molecule has 0 saturated carbocycles. The zero-order chi connectivity index (χ0) is 13.1. The minimum absolute atomic E-state index is 0.160. The van der Waals surface area contributed by atoms with E-state index in [1.54, 1.807) is 0 Å².